The number of likely N-dealkylation sites (N-methyl/N-ethyl adjacent to an activating group) is 1. The topological polar surface area (TPSA) is 45.6 Å². The second-order valence-corrected chi connectivity index (χ2v) is 7.33. The van der Waals surface area contributed by atoms with Crippen molar-refractivity contribution in [3.05, 3.63) is 63.3 Å². The van der Waals surface area contributed by atoms with Crippen LogP contribution in [0.25, 0.3) is 5.57 Å². The van der Waals surface area contributed by atoms with Gasteiger partial charge in [0.25, 0.3) is 5.91 Å². The highest BCUT2D eigenvalue weighted by atomic mass is 35.5. The highest BCUT2D eigenvalue weighted by Gasteiger charge is 2.32. The Labute approximate surface area is 156 Å². The Morgan fingerprint density at radius 1 is 1.24 bits per heavy atom. The van der Waals surface area contributed by atoms with E-state index < -0.39 is 0 Å². The second kappa shape index (κ2) is 7.02. The Hall–Kier alpha value is -2.11. The summed E-state index contributed by atoms with van der Waals surface area (Å²) in [7, 11) is 1.73. The Balaban J connectivity index is 2.00. The van der Waals surface area contributed by atoms with Gasteiger partial charge in [-0.05, 0) is 60.9 Å². The molecule has 1 amide bonds. The van der Waals surface area contributed by atoms with Gasteiger partial charge in [-0.1, -0.05) is 29.8 Å². The van der Waals surface area contributed by atoms with Gasteiger partial charge in [0.1, 0.15) is 0 Å². The van der Waals surface area contributed by atoms with E-state index in [2.05, 4.69) is 36.0 Å². The molecule has 1 saturated heterocycles. The predicted molar refractivity (Wildman–Crippen MR) is 105 cm³/mol. The van der Waals surface area contributed by atoms with Crippen molar-refractivity contribution in [1.82, 2.24) is 9.88 Å². The molecule has 0 radical (unpaired) electrons. The lowest BCUT2D eigenvalue weighted by Crippen LogP contribution is -2.23. The molecule has 0 aliphatic carbocycles. The van der Waals surface area contributed by atoms with Crippen LogP contribution in [0.4, 0.5) is 5.69 Å². The van der Waals surface area contributed by atoms with Crippen molar-refractivity contribution in [3.63, 3.8) is 0 Å². The van der Waals surface area contributed by atoms with Gasteiger partial charge in [-0.25, -0.2) is 4.99 Å². The monoisotopic (exact) mass is 371 g/mol. The van der Waals surface area contributed by atoms with Crippen LogP contribution in [0.3, 0.4) is 0 Å². The van der Waals surface area contributed by atoms with Crippen molar-refractivity contribution in [2.24, 2.45) is 4.99 Å². The van der Waals surface area contributed by atoms with Crippen molar-refractivity contribution in [3.8, 4) is 0 Å². The molecule has 25 heavy (non-hydrogen) atoms. The minimum Gasteiger partial charge on any atom is -0.290 e. The summed E-state index contributed by atoms with van der Waals surface area (Å²) in [5.74, 6) is -0.0512. The van der Waals surface area contributed by atoms with E-state index in [0.717, 1.165) is 11.1 Å². The summed E-state index contributed by atoms with van der Waals surface area (Å²) in [5.41, 5.74) is 5.05. The van der Waals surface area contributed by atoms with E-state index in [9.17, 15) is 4.79 Å². The summed E-state index contributed by atoms with van der Waals surface area (Å²) in [5, 5.41) is 1.07. The van der Waals surface area contributed by atoms with Crippen LogP contribution in [0, 0.1) is 13.8 Å². The maximum Gasteiger partial charge on any atom is 0.266 e. The smallest absolute Gasteiger partial charge is 0.266 e. The number of pyridine rings is 1. The van der Waals surface area contributed by atoms with Gasteiger partial charge in [0.05, 0.1) is 15.6 Å². The van der Waals surface area contributed by atoms with Crippen molar-refractivity contribution in [1.29, 1.82) is 0 Å². The zero-order valence-corrected chi connectivity index (χ0v) is 16.1. The average molecular weight is 372 g/mol. The van der Waals surface area contributed by atoms with Crippen LogP contribution >= 0.6 is 23.4 Å². The summed E-state index contributed by atoms with van der Waals surface area (Å²) in [4.78, 5) is 23.4. The van der Waals surface area contributed by atoms with E-state index in [-0.39, 0.29) is 5.91 Å². The van der Waals surface area contributed by atoms with E-state index in [1.54, 1.807) is 30.4 Å². The van der Waals surface area contributed by atoms with Gasteiger partial charge < -0.3 is 0 Å². The van der Waals surface area contributed by atoms with E-state index in [4.69, 9.17) is 11.6 Å². The summed E-state index contributed by atoms with van der Waals surface area (Å²) < 4.78 is 0. The number of carbonyl (C=O) groups is 1. The zero-order valence-electron chi connectivity index (χ0n) is 14.5. The molecule has 0 saturated carbocycles. The second-order valence-electron chi connectivity index (χ2n) is 5.94. The maximum absolute atomic E-state index is 12.7. The third-order valence-corrected chi connectivity index (χ3v) is 5.75. The number of allylic oxidation sites excluding steroid dienone is 1. The molecule has 0 unspecified atom stereocenters. The molecule has 1 aliphatic heterocycles. The Kier molecular flexibility index (Phi) is 4.97. The number of hydrogen-bond donors (Lipinski definition) is 0. The molecule has 3 rings (SSSR count). The number of amides is 1. The van der Waals surface area contributed by atoms with Crippen LogP contribution in [-0.2, 0) is 4.79 Å². The molecule has 4 nitrogen and oxygen atoms in total. The number of benzene rings is 1. The SMILES string of the molecule is C/C(=C1/SC(=Nc2ccncc2Cl)N(C)C1=O)c1ccc(C)c(C)c1. The molecule has 0 N–H and O–H groups in total. The molecule has 2 heterocycles. The van der Waals surface area contributed by atoms with E-state index in [1.165, 1.54) is 22.9 Å². The predicted octanol–water partition coefficient (Wildman–Crippen LogP) is 4.98. The van der Waals surface area contributed by atoms with Crippen LogP contribution in [0.5, 0.6) is 0 Å². The van der Waals surface area contributed by atoms with E-state index in [0.29, 0.717) is 20.8 Å². The number of hydrogen-bond acceptors (Lipinski definition) is 4. The Morgan fingerprint density at radius 2 is 2.00 bits per heavy atom. The highest BCUT2D eigenvalue weighted by Crippen LogP contribution is 2.38. The van der Waals surface area contributed by atoms with Crippen molar-refractivity contribution in [2.75, 3.05) is 7.05 Å². The first kappa shape index (κ1) is 17.7. The molecule has 128 valence electrons. The molecule has 2 aromatic rings. The molecule has 0 spiro atoms. The van der Waals surface area contributed by atoms with Crippen molar-refractivity contribution in [2.45, 2.75) is 20.8 Å². The average Bonchev–Trinajstić information content (AvgIpc) is 2.87. The number of halogens is 1. The standard InChI is InChI=1S/C19H18ClN3OS/c1-11-5-6-14(9-12(11)2)13(3)17-18(24)23(4)19(25-17)22-16-7-8-21-10-15(16)20/h5-10H,1-4H3/b17-13-,22-19?. The molecule has 1 aliphatic rings. The quantitative estimate of drug-likeness (QED) is 0.699. The Morgan fingerprint density at radius 3 is 2.68 bits per heavy atom. The van der Waals surface area contributed by atoms with E-state index >= 15 is 0 Å². The minimum atomic E-state index is -0.0512. The number of aryl methyl sites for hydroxylation is 2. The number of thioether (sulfide) groups is 1. The third kappa shape index (κ3) is 3.48. The first-order valence-corrected chi connectivity index (χ1v) is 9.00. The molecule has 1 aromatic carbocycles. The van der Waals surface area contributed by atoms with Gasteiger partial charge in [-0.3, -0.25) is 14.7 Å². The van der Waals surface area contributed by atoms with Crippen LogP contribution in [-0.4, -0.2) is 28.0 Å². The highest BCUT2D eigenvalue weighted by molar-refractivity contribution is 8.18. The molecule has 1 fully saturated rings. The first-order valence-electron chi connectivity index (χ1n) is 7.81. The molecular formula is C19H18ClN3OS. The number of carbonyl (C=O) groups excluding carboxylic acids is 1. The molecule has 1 aromatic heterocycles. The summed E-state index contributed by atoms with van der Waals surface area (Å²) in [6, 6.07) is 7.97. The fraction of sp³-hybridized carbons (Fsp3) is 0.211. The molecule has 0 atom stereocenters. The van der Waals surface area contributed by atoms with Gasteiger partial charge in [-0.2, -0.15) is 0 Å². The molecular weight excluding hydrogens is 354 g/mol. The molecule has 0 bridgehead atoms. The van der Waals surface area contributed by atoms with Gasteiger partial charge in [0, 0.05) is 19.4 Å². The number of aliphatic imine (C=N–C) groups is 1. The lowest BCUT2D eigenvalue weighted by Gasteiger charge is -2.08. The first-order chi connectivity index (χ1) is 11.9. The maximum atomic E-state index is 12.7. The number of nitrogens with zero attached hydrogens (tertiary/aromatic N) is 3. The fourth-order valence-corrected chi connectivity index (χ4v) is 3.65. The number of amidine groups is 1. The summed E-state index contributed by atoms with van der Waals surface area (Å²) >= 11 is 7.49. The lowest BCUT2D eigenvalue weighted by atomic mass is 10.0. The zero-order chi connectivity index (χ0) is 18.1. The number of rotatable bonds is 2. The fourth-order valence-electron chi connectivity index (χ4n) is 2.44. The minimum absolute atomic E-state index is 0.0512. The van der Waals surface area contributed by atoms with Crippen LogP contribution in [0.15, 0.2) is 46.6 Å². The van der Waals surface area contributed by atoms with Crippen LogP contribution < -0.4 is 0 Å². The number of aromatic nitrogens is 1. The normalized spacial score (nSPS) is 18.2. The van der Waals surface area contributed by atoms with Gasteiger partial charge >= 0.3 is 0 Å². The largest absolute Gasteiger partial charge is 0.290 e. The molecule has 6 heteroatoms. The van der Waals surface area contributed by atoms with E-state index in [1.807, 2.05) is 13.0 Å². The van der Waals surface area contributed by atoms with Gasteiger partial charge in [0.2, 0.25) is 0 Å². The Bertz CT molecular complexity index is 921. The van der Waals surface area contributed by atoms with Crippen molar-refractivity contribution < 1.29 is 4.79 Å². The summed E-state index contributed by atoms with van der Waals surface area (Å²) in [6.45, 7) is 6.12. The lowest BCUT2D eigenvalue weighted by molar-refractivity contribution is -0.121. The van der Waals surface area contributed by atoms with Gasteiger partial charge in [0.15, 0.2) is 5.17 Å². The van der Waals surface area contributed by atoms with Crippen LogP contribution in [0.1, 0.15) is 23.6 Å². The van der Waals surface area contributed by atoms with Crippen LogP contribution in [0.2, 0.25) is 5.02 Å². The van der Waals surface area contributed by atoms with Crippen molar-refractivity contribution >= 4 is 45.7 Å². The third-order valence-electron chi connectivity index (χ3n) is 4.23. The summed E-state index contributed by atoms with van der Waals surface area (Å²) in [6.07, 6.45) is 3.17. The van der Waals surface area contributed by atoms with Gasteiger partial charge in [-0.15, -0.1) is 0 Å².